The molecule has 1 aromatic carbocycles. The summed E-state index contributed by atoms with van der Waals surface area (Å²) >= 11 is 0. The number of urea groups is 1. The number of benzene rings is 1. The summed E-state index contributed by atoms with van der Waals surface area (Å²) in [6.07, 6.45) is -3.36. The standard InChI is InChI=1S/C21H18F6N6O2S/c1-2-33-9-14(24)19(31-33)36(28,35)32-20(34)30-17-11-4-3-5-15(11)29-18(21(25,26)27)16(17)10-6-7-12(22)13(23)8-10/h6-9H,2-5H2,1H3,(H3,28,29,30,32,34,35)/t36-/m0/s1. The minimum Gasteiger partial charge on any atom is -0.304 e. The number of fused-ring (bicyclic) bond motifs is 1. The van der Waals surface area contributed by atoms with E-state index in [2.05, 4.69) is 19.8 Å². The van der Waals surface area contributed by atoms with Crippen LogP contribution in [0.4, 0.5) is 36.8 Å². The largest absolute Gasteiger partial charge is 0.434 e. The molecule has 0 aliphatic heterocycles. The summed E-state index contributed by atoms with van der Waals surface area (Å²) in [5, 5.41) is 10.6. The Morgan fingerprint density at radius 1 is 1.19 bits per heavy atom. The lowest BCUT2D eigenvalue weighted by atomic mass is 9.97. The van der Waals surface area contributed by atoms with Gasteiger partial charge in [0.2, 0.25) is 5.03 Å². The maximum atomic E-state index is 14.2. The van der Waals surface area contributed by atoms with Crippen molar-refractivity contribution in [3.05, 3.63) is 58.8 Å². The van der Waals surface area contributed by atoms with Crippen LogP contribution < -0.4 is 10.5 Å². The van der Waals surface area contributed by atoms with Crippen molar-refractivity contribution in [3.8, 4) is 11.1 Å². The highest BCUT2D eigenvalue weighted by Gasteiger charge is 2.40. The third-order valence-electron chi connectivity index (χ3n) is 5.44. The topological polar surface area (TPSA) is 115 Å². The fraction of sp³-hybridized carbons (Fsp3) is 0.286. The Bertz CT molecular complexity index is 1490. The van der Waals surface area contributed by atoms with Crippen LogP contribution in [0.1, 0.15) is 30.3 Å². The maximum Gasteiger partial charge on any atom is 0.434 e. The van der Waals surface area contributed by atoms with Gasteiger partial charge < -0.3 is 5.32 Å². The van der Waals surface area contributed by atoms with Gasteiger partial charge in [0.15, 0.2) is 33.1 Å². The molecule has 36 heavy (non-hydrogen) atoms. The van der Waals surface area contributed by atoms with Crippen LogP contribution in [-0.2, 0) is 35.5 Å². The second-order valence-electron chi connectivity index (χ2n) is 7.84. The Morgan fingerprint density at radius 3 is 2.53 bits per heavy atom. The Morgan fingerprint density at radius 2 is 1.92 bits per heavy atom. The van der Waals surface area contributed by atoms with Crippen molar-refractivity contribution in [1.29, 1.82) is 0 Å². The van der Waals surface area contributed by atoms with Gasteiger partial charge in [-0.1, -0.05) is 6.07 Å². The van der Waals surface area contributed by atoms with Gasteiger partial charge in [-0.3, -0.25) is 4.68 Å². The summed E-state index contributed by atoms with van der Waals surface area (Å²) < 4.78 is 101. The molecule has 0 radical (unpaired) electrons. The van der Waals surface area contributed by atoms with E-state index in [1.807, 2.05) is 0 Å². The van der Waals surface area contributed by atoms with Crippen LogP contribution in [0.3, 0.4) is 0 Å². The Labute approximate surface area is 200 Å². The maximum absolute atomic E-state index is 14.2. The number of pyridine rings is 1. The number of anilines is 1. The second-order valence-corrected chi connectivity index (χ2v) is 9.55. The van der Waals surface area contributed by atoms with Crippen LogP contribution in [0.5, 0.6) is 0 Å². The molecule has 3 aromatic rings. The van der Waals surface area contributed by atoms with Crippen LogP contribution in [0.2, 0.25) is 0 Å². The average molecular weight is 532 g/mol. The highest BCUT2D eigenvalue weighted by Crippen LogP contribution is 2.44. The number of nitrogens with two attached hydrogens (primary N) is 1. The number of nitrogens with zero attached hydrogens (tertiary/aromatic N) is 4. The normalized spacial score (nSPS) is 14.9. The van der Waals surface area contributed by atoms with Crippen LogP contribution in [-0.4, -0.2) is 25.0 Å². The molecule has 3 N–H and O–H groups in total. The number of carbonyl (C=O) groups is 1. The molecular weight excluding hydrogens is 514 g/mol. The summed E-state index contributed by atoms with van der Waals surface area (Å²) in [6, 6.07) is 0.616. The van der Waals surface area contributed by atoms with Crippen molar-refractivity contribution in [1.82, 2.24) is 14.8 Å². The molecule has 2 amide bonds. The van der Waals surface area contributed by atoms with Crippen molar-refractivity contribution in [2.45, 2.75) is 43.9 Å². The number of hydrogen-bond acceptors (Lipinski definition) is 4. The molecule has 0 fully saturated rings. The number of aryl methyl sites for hydroxylation is 2. The first-order valence-corrected chi connectivity index (χ1v) is 12.1. The number of amides is 2. The van der Waals surface area contributed by atoms with E-state index in [-0.39, 0.29) is 30.6 Å². The van der Waals surface area contributed by atoms with E-state index in [0.717, 1.165) is 16.9 Å². The molecule has 15 heteroatoms. The van der Waals surface area contributed by atoms with E-state index in [9.17, 15) is 35.3 Å². The molecule has 8 nitrogen and oxygen atoms in total. The zero-order valence-corrected chi connectivity index (χ0v) is 19.3. The van der Waals surface area contributed by atoms with Crippen molar-refractivity contribution < 1.29 is 35.3 Å². The summed E-state index contributed by atoms with van der Waals surface area (Å²) in [4.78, 5) is 16.4. The molecule has 0 saturated carbocycles. The average Bonchev–Trinajstić information content (AvgIpc) is 3.41. The SMILES string of the molecule is CCn1cc(F)c([S@@](N)(=O)=NC(=O)Nc2c3c(nc(C(F)(F)F)c2-c2ccc(F)c(F)c2)CCC3)n1. The lowest BCUT2D eigenvalue weighted by molar-refractivity contribution is -0.140. The number of nitrogens with one attached hydrogen (secondary N) is 1. The first-order chi connectivity index (χ1) is 16.8. The Kier molecular flexibility index (Phi) is 6.55. The first kappa shape index (κ1) is 25.6. The number of halogens is 6. The first-order valence-electron chi connectivity index (χ1n) is 10.5. The van der Waals surface area contributed by atoms with Gasteiger partial charge in [0, 0.05) is 17.8 Å². The molecule has 0 unspecified atom stereocenters. The second kappa shape index (κ2) is 9.20. The van der Waals surface area contributed by atoms with E-state index >= 15 is 0 Å². The van der Waals surface area contributed by atoms with Gasteiger partial charge in [-0.15, -0.1) is 4.36 Å². The van der Waals surface area contributed by atoms with Crippen LogP contribution >= 0.6 is 0 Å². The van der Waals surface area contributed by atoms with Gasteiger partial charge in [0.05, 0.1) is 11.9 Å². The number of hydrogen-bond donors (Lipinski definition) is 2. The molecule has 0 spiro atoms. The molecule has 1 atom stereocenters. The highest BCUT2D eigenvalue weighted by molar-refractivity contribution is 7.91. The van der Waals surface area contributed by atoms with Gasteiger partial charge >= 0.3 is 12.2 Å². The predicted octanol–water partition coefficient (Wildman–Crippen LogP) is 4.82. The van der Waals surface area contributed by atoms with Gasteiger partial charge in [-0.25, -0.2) is 32.3 Å². The quantitative estimate of drug-likeness (QED) is 0.469. The summed E-state index contributed by atoms with van der Waals surface area (Å²) in [5.74, 6) is -3.80. The van der Waals surface area contributed by atoms with Crippen LogP contribution in [0, 0.1) is 17.5 Å². The van der Waals surface area contributed by atoms with E-state index in [1.165, 1.54) is 0 Å². The third-order valence-corrected chi connectivity index (χ3v) is 6.71. The molecule has 1 aliphatic rings. The fourth-order valence-corrected chi connectivity index (χ4v) is 4.82. The molecular formula is C21H18F6N6O2S. The van der Waals surface area contributed by atoms with Gasteiger partial charge in [-0.05, 0) is 49.4 Å². The lowest BCUT2D eigenvalue weighted by Crippen LogP contribution is -2.21. The van der Waals surface area contributed by atoms with Crippen molar-refractivity contribution in [3.63, 3.8) is 0 Å². The Hall–Kier alpha value is -3.46. The smallest absolute Gasteiger partial charge is 0.304 e. The number of alkyl halides is 3. The zero-order chi connectivity index (χ0) is 26.4. The van der Waals surface area contributed by atoms with E-state index < -0.39 is 67.1 Å². The summed E-state index contributed by atoms with van der Waals surface area (Å²) in [5.41, 5.74) is -2.73. The molecule has 1 aliphatic carbocycles. The molecule has 4 rings (SSSR count). The van der Waals surface area contributed by atoms with E-state index in [0.29, 0.717) is 18.6 Å². The highest BCUT2D eigenvalue weighted by atomic mass is 32.2. The zero-order valence-electron chi connectivity index (χ0n) is 18.5. The minimum atomic E-state index is -5.04. The van der Waals surface area contributed by atoms with Crippen molar-refractivity contribution >= 4 is 21.6 Å². The minimum absolute atomic E-state index is 0.0465. The van der Waals surface area contributed by atoms with Gasteiger partial charge in [0.25, 0.3) is 0 Å². The third kappa shape index (κ3) is 4.80. The Balaban J connectivity index is 1.89. The van der Waals surface area contributed by atoms with Crippen molar-refractivity contribution in [2.75, 3.05) is 5.32 Å². The van der Waals surface area contributed by atoms with Gasteiger partial charge in [-0.2, -0.15) is 18.3 Å². The molecule has 0 saturated heterocycles. The summed E-state index contributed by atoms with van der Waals surface area (Å²) in [6.45, 7) is 1.81. The number of carbonyl (C=O) groups excluding carboxylic acids is 1. The van der Waals surface area contributed by atoms with Crippen LogP contribution in [0.25, 0.3) is 11.1 Å². The van der Waals surface area contributed by atoms with Gasteiger partial charge in [0.1, 0.15) is 0 Å². The molecule has 0 bridgehead atoms. The van der Waals surface area contributed by atoms with Crippen molar-refractivity contribution in [2.24, 2.45) is 9.50 Å². The van der Waals surface area contributed by atoms with Crippen LogP contribution in [0.15, 0.2) is 33.8 Å². The number of aromatic nitrogens is 3. The molecule has 2 aromatic heterocycles. The van der Waals surface area contributed by atoms with E-state index in [4.69, 9.17) is 5.14 Å². The molecule has 2 heterocycles. The molecule has 192 valence electrons. The number of rotatable bonds is 4. The van der Waals surface area contributed by atoms with E-state index in [1.54, 1.807) is 6.92 Å². The lowest BCUT2D eigenvalue weighted by Gasteiger charge is -2.20. The predicted molar refractivity (Wildman–Crippen MR) is 117 cm³/mol. The fourth-order valence-electron chi connectivity index (χ4n) is 3.89. The summed E-state index contributed by atoms with van der Waals surface area (Å²) in [7, 11) is -4.23. The monoisotopic (exact) mass is 532 g/mol.